The molecule has 0 heterocycles. The van der Waals surface area contributed by atoms with E-state index >= 15 is 0 Å². The zero-order chi connectivity index (χ0) is 11.3. The first kappa shape index (κ1) is 11.6. The molecule has 0 unspecified atom stereocenters. The fourth-order valence-corrected chi connectivity index (χ4v) is 1.26. The van der Waals surface area contributed by atoms with Gasteiger partial charge < -0.3 is 4.74 Å². The van der Waals surface area contributed by atoms with Gasteiger partial charge >= 0.3 is 0 Å². The third-order valence-electron chi connectivity index (χ3n) is 1.55. The van der Waals surface area contributed by atoms with Crippen molar-refractivity contribution >= 4 is 9.84 Å². The number of sulfone groups is 1. The Morgan fingerprint density at radius 3 is 2.33 bits per heavy atom. The van der Waals surface area contributed by atoms with Gasteiger partial charge in [0.05, 0.1) is 12.9 Å². The van der Waals surface area contributed by atoms with Gasteiger partial charge in [-0.05, 0) is 31.2 Å². The zero-order valence-electron chi connectivity index (χ0n) is 8.65. The quantitative estimate of drug-likeness (QED) is 0.714. The molecule has 1 aromatic rings. The highest BCUT2D eigenvalue weighted by molar-refractivity contribution is 7.95. The lowest BCUT2D eigenvalue weighted by Crippen LogP contribution is -1.91. The largest absolute Gasteiger partial charge is 0.494 e. The molecule has 0 aliphatic heterocycles. The first-order chi connectivity index (χ1) is 7.01. The Labute approximate surface area is 90.0 Å². The van der Waals surface area contributed by atoms with Crippen LogP contribution >= 0.6 is 0 Å². The minimum atomic E-state index is -3.24. The minimum absolute atomic E-state index is 0.606. The Hall–Kier alpha value is -1.47. The van der Waals surface area contributed by atoms with E-state index < -0.39 is 9.84 Å². The molecule has 1 rings (SSSR count). The van der Waals surface area contributed by atoms with E-state index in [0.717, 1.165) is 12.0 Å². The van der Waals surface area contributed by atoms with Crippen molar-refractivity contribution in [1.82, 2.24) is 0 Å². The molecule has 0 saturated heterocycles. The molecule has 0 radical (unpaired) electrons. The highest BCUT2D eigenvalue weighted by Crippen LogP contribution is 2.11. The molecule has 15 heavy (non-hydrogen) atoms. The SMILES string of the molecule is CCOc1ccc(C#CS(C)(=O)=O)cc1. The van der Waals surface area contributed by atoms with Crippen LogP contribution in [0.25, 0.3) is 0 Å². The second-order valence-electron chi connectivity index (χ2n) is 2.96. The van der Waals surface area contributed by atoms with E-state index in [9.17, 15) is 8.42 Å². The van der Waals surface area contributed by atoms with Crippen molar-refractivity contribution in [3.63, 3.8) is 0 Å². The zero-order valence-corrected chi connectivity index (χ0v) is 9.47. The summed E-state index contributed by atoms with van der Waals surface area (Å²) >= 11 is 0. The van der Waals surface area contributed by atoms with Crippen LogP contribution in [-0.4, -0.2) is 21.3 Å². The first-order valence-corrected chi connectivity index (χ1v) is 6.36. The van der Waals surface area contributed by atoms with Crippen LogP contribution in [0.3, 0.4) is 0 Å². The number of ether oxygens (including phenoxy) is 1. The van der Waals surface area contributed by atoms with Crippen LogP contribution in [-0.2, 0) is 9.84 Å². The lowest BCUT2D eigenvalue weighted by molar-refractivity contribution is 0.340. The molecule has 0 aliphatic rings. The second kappa shape index (κ2) is 4.85. The fourth-order valence-electron chi connectivity index (χ4n) is 0.953. The Kier molecular flexibility index (Phi) is 3.75. The van der Waals surface area contributed by atoms with E-state index in [2.05, 4.69) is 11.2 Å². The lowest BCUT2D eigenvalue weighted by atomic mass is 10.2. The van der Waals surface area contributed by atoms with Crippen LogP contribution in [0.4, 0.5) is 0 Å². The predicted octanol–water partition coefficient (Wildman–Crippen LogP) is 1.44. The van der Waals surface area contributed by atoms with Crippen LogP contribution in [0.2, 0.25) is 0 Å². The van der Waals surface area contributed by atoms with Gasteiger partial charge in [0.25, 0.3) is 0 Å². The number of hydrogen-bond acceptors (Lipinski definition) is 3. The highest BCUT2D eigenvalue weighted by Gasteiger charge is 1.94. The van der Waals surface area contributed by atoms with Crippen molar-refractivity contribution in [2.24, 2.45) is 0 Å². The molecule has 1 aromatic carbocycles. The number of hydrogen-bond donors (Lipinski definition) is 0. The predicted molar refractivity (Wildman–Crippen MR) is 59.3 cm³/mol. The van der Waals surface area contributed by atoms with Gasteiger partial charge in [0.2, 0.25) is 9.84 Å². The smallest absolute Gasteiger partial charge is 0.214 e. The molecule has 4 heteroatoms. The Bertz CT molecular complexity index is 475. The topological polar surface area (TPSA) is 43.4 Å². The van der Waals surface area contributed by atoms with E-state index in [4.69, 9.17) is 4.74 Å². The van der Waals surface area contributed by atoms with E-state index in [1.54, 1.807) is 24.3 Å². The maximum atomic E-state index is 10.8. The van der Waals surface area contributed by atoms with Crippen molar-refractivity contribution in [3.8, 4) is 16.9 Å². The standard InChI is InChI=1S/C11H12O3S/c1-3-14-11-6-4-10(5-7-11)8-9-15(2,12)13/h4-7H,3H2,1-2H3. The molecule has 0 spiro atoms. The third kappa shape index (κ3) is 4.52. The molecular formula is C11H12O3S. The normalized spacial score (nSPS) is 10.3. The summed E-state index contributed by atoms with van der Waals surface area (Å²) in [6, 6.07) is 6.97. The molecular weight excluding hydrogens is 212 g/mol. The summed E-state index contributed by atoms with van der Waals surface area (Å²) in [6.45, 7) is 2.51. The van der Waals surface area contributed by atoms with Gasteiger partial charge in [0, 0.05) is 10.8 Å². The number of rotatable bonds is 2. The van der Waals surface area contributed by atoms with E-state index in [1.165, 1.54) is 0 Å². The van der Waals surface area contributed by atoms with Crippen LogP contribution in [0.5, 0.6) is 5.75 Å². The molecule has 0 saturated carbocycles. The van der Waals surface area contributed by atoms with Gasteiger partial charge in [-0.15, -0.1) is 0 Å². The van der Waals surface area contributed by atoms with E-state index in [-0.39, 0.29) is 0 Å². The van der Waals surface area contributed by atoms with Crippen molar-refractivity contribution < 1.29 is 13.2 Å². The Morgan fingerprint density at radius 1 is 1.27 bits per heavy atom. The van der Waals surface area contributed by atoms with Gasteiger partial charge in [-0.2, -0.15) is 0 Å². The van der Waals surface area contributed by atoms with Crippen LogP contribution < -0.4 is 4.74 Å². The summed E-state index contributed by atoms with van der Waals surface area (Å²) in [5.74, 6) is 3.31. The van der Waals surface area contributed by atoms with Gasteiger partial charge in [0.15, 0.2) is 0 Å². The van der Waals surface area contributed by atoms with Crippen LogP contribution in [0, 0.1) is 11.2 Å². The molecule has 0 aromatic heterocycles. The van der Waals surface area contributed by atoms with Crippen molar-refractivity contribution in [2.75, 3.05) is 12.9 Å². The lowest BCUT2D eigenvalue weighted by Gasteiger charge is -2.01. The first-order valence-electron chi connectivity index (χ1n) is 4.47. The van der Waals surface area contributed by atoms with Gasteiger partial charge in [0.1, 0.15) is 5.75 Å². The molecule has 3 nitrogen and oxygen atoms in total. The van der Waals surface area contributed by atoms with Crippen LogP contribution in [0.15, 0.2) is 24.3 Å². The van der Waals surface area contributed by atoms with Crippen molar-refractivity contribution in [1.29, 1.82) is 0 Å². The Morgan fingerprint density at radius 2 is 1.87 bits per heavy atom. The second-order valence-corrected chi connectivity index (χ2v) is 4.71. The molecule has 0 amide bonds. The summed E-state index contributed by atoms with van der Waals surface area (Å²) in [5, 5.41) is 2.17. The fraction of sp³-hybridized carbons (Fsp3) is 0.273. The molecule has 80 valence electrons. The van der Waals surface area contributed by atoms with E-state index in [0.29, 0.717) is 12.2 Å². The average Bonchev–Trinajstić information content (AvgIpc) is 2.16. The van der Waals surface area contributed by atoms with Crippen molar-refractivity contribution in [2.45, 2.75) is 6.92 Å². The highest BCUT2D eigenvalue weighted by atomic mass is 32.2. The van der Waals surface area contributed by atoms with Gasteiger partial charge in [-0.25, -0.2) is 8.42 Å². The summed E-state index contributed by atoms with van der Waals surface area (Å²) in [5.41, 5.74) is 0.656. The molecule has 0 bridgehead atoms. The summed E-state index contributed by atoms with van der Waals surface area (Å²) in [4.78, 5) is 0. The third-order valence-corrected chi connectivity index (χ3v) is 2.02. The minimum Gasteiger partial charge on any atom is -0.494 e. The molecule has 0 aliphatic carbocycles. The Balaban J connectivity index is 2.84. The number of benzene rings is 1. The van der Waals surface area contributed by atoms with Crippen LogP contribution in [0.1, 0.15) is 12.5 Å². The van der Waals surface area contributed by atoms with Gasteiger partial charge in [-0.1, -0.05) is 5.92 Å². The molecule has 0 fully saturated rings. The summed E-state index contributed by atoms with van der Waals surface area (Å²) < 4.78 is 26.8. The summed E-state index contributed by atoms with van der Waals surface area (Å²) in [7, 11) is -3.24. The molecule has 0 atom stereocenters. The molecule has 0 N–H and O–H groups in total. The van der Waals surface area contributed by atoms with Gasteiger partial charge in [-0.3, -0.25) is 0 Å². The maximum absolute atomic E-state index is 10.8. The maximum Gasteiger partial charge on any atom is 0.214 e. The van der Waals surface area contributed by atoms with E-state index in [1.807, 2.05) is 6.92 Å². The monoisotopic (exact) mass is 224 g/mol. The van der Waals surface area contributed by atoms with Crippen molar-refractivity contribution in [3.05, 3.63) is 29.8 Å². The summed E-state index contributed by atoms with van der Waals surface area (Å²) in [6.07, 6.45) is 1.08. The average molecular weight is 224 g/mol.